The monoisotopic (exact) mass is 294 g/mol. The van der Waals surface area contributed by atoms with Crippen LogP contribution in [0.2, 0.25) is 0 Å². The van der Waals surface area contributed by atoms with E-state index in [0.717, 1.165) is 5.56 Å². The van der Waals surface area contributed by atoms with Gasteiger partial charge >= 0.3 is 0 Å². The molecule has 5 nitrogen and oxygen atoms in total. The average Bonchev–Trinajstić information content (AvgIpc) is 2.89. The molecule has 20 heavy (non-hydrogen) atoms. The van der Waals surface area contributed by atoms with Crippen LogP contribution in [0.1, 0.15) is 18.2 Å². The zero-order valence-corrected chi connectivity index (χ0v) is 12.4. The van der Waals surface area contributed by atoms with Gasteiger partial charge in [-0.2, -0.15) is 8.42 Å². The van der Waals surface area contributed by atoms with Gasteiger partial charge in [-0.05, 0) is 43.7 Å². The van der Waals surface area contributed by atoms with E-state index in [1.165, 1.54) is 10.4 Å². The molecule has 2 rings (SSSR count). The van der Waals surface area contributed by atoms with Crippen LogP contribution in [0.3, 0.4) is 0 Å². The van der Waals surface area contributed by atoms with Crippen LogP contribution in [-0.2, 0) is 16.6 Å². The molecule has 0 atom stereocenters. The molecule has 0 spiro atoms. The predicted molar refractivity (Wildman–Crippen MR) is 78.0 cm³/mol. The van der Waals surface area contributed by atoms with Gasteiger partial charge in [0.05, 0.1) is 12.2 Å². The van der Waals surface area contributed by atoms with E-state index in [4.69, 9.17) is 10.2 Å². The molecule has 108 valence electrons. The number of sulfonamides is 1. The minimum absolute atomic E-state index is 0.0821. The molecule has 1 heterocycles. The van der Waals surface area contributed by atoms with Crippen LogP contribution >= 0.6 is 0 Å². The highest BCUT2D eigenvalue weighted by molar-refractivity contribution is 7.92. The molecule has 0 radical (unpaired) electrons. The molecule has 0 saturated carbocycles. The van der Waals surface area contributed by atoms with Gasteiger partial charge in [0.2, 0.25) is 5.09 Å². The molecule has 0 bridgehead atoms. The van der Waals surface area contributed by atoms with Crippen molar-refractivity contribution < 1.29 is 12.8 Å². The van der Waals surface area contributed by atoms with E-state index >= 15 is 0 Å². The Hall–Kier alpha value is -1.79. The first-order valence-corrected chi connectivity index (χ1v) is 7.81. The summed E-state index contributed by atoms with van der Waals surface area (Å²) in [5.74, 6) is 0.448. The summed E-state index contributed by atoms with van der Waals surface area (Å²) in [6, 6.07) is 10.4. The lowest BCUT2D eigenvalue weighted by molar-refractivity contribution is 0.415. The molecule has 2 N–H and O–H groups in total. The van der Waals surface area contributed by atoms with Crippen molar-refractivity contribution in [1.82, 2.24) is 0 Å². The molecule has 0 unspecified atom stereocenters. The Bertz CT molecular complexity index is 692. The fourth-order valence-corrected chi connectivity index (χ4v) is 3.39. The van der Waals surface area contributed by atoms with Crippen molar-refractivity contribution in [2.75, 3.05) is 10.8 Å². The number of benzene rings is 1. The minimum atomic E-state index is -3.70. The lowest BCUT2D eigenvalue weighted by atomic mass is 10.2. The molecule has 0 aliphatic heterocycles. The van der Waals surface area contributed by atoms with Crippen molar-refractivity contribution in [2.24, 2.45) is 5.73 Å². The molecular formula is C14H18N2O3S. The third-order valence-corrected chi connectivity index (χ3v) is 4.74. The van der Waals surface area contributed by atoms with E-state index in [1.54, 1.807) is 19.1 Å². The van der Waals surface area contributed by atoms with Crippen LogP contribution in [0.5, 0.6) is 0 Å². The summed E-state index contributed by atoms with van der Waals surface area (Å²) in [5, 5.41) is -0.0821. The van der Waals surface area contributed by atoms with Gasteiger partial charge in [-0.25, -0.2) is 0 Å². The second kappa shape index (κ2) is 5.68. The average molecular weight is 294 g/mol. The highest BCUT2D eigenvalue weighted by atomic mass is 32.2. The third-order valence-electron chi connectivity index (χ3n) is 2.96. The Morgan fingerprint density at radius 1 is 1.25 bits per heavy atom. The van der Waals surface area contributed by atoms with Crippen molar-refractivity contribution in [2.45, 2.75) is 25.5 Å². The summed E-state index contributed by atoms with van der Waals surface area (Å²) >= 11 is 0. The summed E-state index contributed by atoms with van der Waals surface area (Å²) < 4.78 is 31.8. The Morgan fingerprint density at radius 2 is 2.00 bits per heavy atom. The van der Waals surface area contributed by atoms with E-state index < -0.39 is 10.0 Å². The molecule has 0 amide bonds. The summed E-state index contributed by atoms with van der Waals surface area (Å²) in [7, 11) is -3.70. The molecule has 0 fully saturated rings. The van der Waals surface area contributed by atoms with E-state index in [1.807, 2.05) is 25.1 Å². The van der Waals surface area contributed by atoms with Crippen LogP contribution in [0, 0.1) is 6.92 Å². The summed E-state index contributed by atoms with van der Waals surface area (Å²) in [6.45, 7) is 4.20. The number of nitrogens with two attached hydrogens (primary N) is 1. The van der Waals surface area contributed by atoms with Crippen molar-refractivity contribution in [3.8, 4) is 0 Å². The van der Waals surface area contributed by atoms with Crippen LogP contribution in [0.15, 0.2) is 45.9 Å². The molecule has 2 aromatic rings. The van der Waals surface area contributed by atoms with Crippen molar-refractivity contribution in [3.05, 3.63) is 47.7 Å². The first kappa shape index (κ1) is 14.6. The number of nitrogens with zero attached hydrogens (tertiary/aromatic N) is 1. The largest absolute Gasteiger partial charge is 0.446 e. The van der Waals surface area contributed by atoms with Crippen LogP contribution < -0.4 is 10.0 Å². The van der Waals surface area contributed by atoms with Crippen LogP contribution in [0.25, 0.3) is 0 Å². The van der Waals surface area contributed by atoms with Crippen molar-refractivity contribution in [3.63, 3.8) is 0 Å². The molecule has 0 saturated heterocycles. The van der Waals surface area contributed by atoms with Crippen LogP contribution in [0.4, 0.5) is 5.69 Å². The molecule has 0 aliphatic carbocycles. The predicted octanol–water partition coefficient (Wildman–Crippen LogP) is 2.26. The quantitative estimate of drug-likeness (QED) is 0.917. The van der Waals surface area contributed by atoms with E-state index in [9.17, 15) is 8.42 Å². The maximum absolute atomic E-state index is 12.6. The summed E-state index contributed by atoms with van der Waals surface area (Å²) in [4.78, 5) is 0. The Kier molecular flexibility index (Phi) is 4.15. The lowest BCUT2D eigenvalue weighted by Crippen LogP contribution is -2.30. The molecular weight excluding hydrogens is 276 g/mol. The molecule has 0 aliphatic rings. The normalized spacial score (nSPS) is 11.6. The summed E-state index contributed by atoms with van der Waals surface area (Å²) in [5.41, 5.74) is 7.07. The van der Waals surface area contributed by atoms with Crippen LogP contribution in [-0.4, -0.2) is 15.0 Å². The zero-order chi connectivity index (χ0) is 14.8. The third kappa shape index (κ3) is 2.71. The number of hydrogen-bond donors (Lipinski definition) is 1. The van der Waals surface area contributed by atoms with Gasteiger partial charge in [-0.15, -0.1) is 0 Å². The number of hydrogen-bond acceptors (Lipinski definition) is 4. The lowest BCUT2D eigenvalue weighted by Gasteiger charge is -2.21. The Balaban J connectivity index is 2.44. The van der Waals surface area contributed by atoms with Gasteiger partial charge < -0.3 is 10.2 Å². The standard InChI is InChI=1S/C14H18N2O3S/c1-3-16(12-6-4-5-11(2)9-12)20(17,18)14-8-7-13(10-15)19-14/h4-9H,3,10,15H2,1-2H3. The minimum Gasteiger partial charge on any atom is -0.446 e. The van der Waals surface area contributed by atoms with E-state index in [0.29, 0.717) is 18.0 Å². The van der Waals surface area contributed by atoms with Crippen molar-refractivity contribution in [1.29, 1.82) is 0 Å². The number of rotatable bonds is 5. The highest BCUT2D eigenvalue weighted by Gasteiger charge is 2.26. The number of aryl methyl sites for hydroxylation is 1. The Labute approximate surface area is 119 Å². The van der Waals surface area contributed by atoms with Gasteiger partial charge in [0, 0.05) is 6.54 Å². The maximum Gasteiger partial charge on any atom is 0.297 e. The fourth-order valence-electron chi connectivity index (χ4n) is 1.99. The first-order chi connectivity index (χ1) is 9.48. The second-order valence-corrected chi connectivity index (χ2v) is 6.23. The zero-order valence-electron chi connectivity index (χ0n) is 11.5. The Morgan fingerprint density at radius 3 is 2.55 bits per heavy atom. The van der Waals surface area contributed by atoms with Gasteiger partial charge in [-0.3, -0.25) is 4.31 Å². The SMILES string of the molecule is CCN(c1cccc(C)c1)S(=O)(=O)c1ccc(CN)o1. The summed E-state index contributed by atoms with van der Waals surface area (Å²) in [6.07, 6.45) is 0. The molecule has 1 aromatic carbocycles. The van der Waals surface area contributed by atoms with E-state index in [2.05, 4.69) is 0 Å². The second-order valence-electron chi connectivity index (χ2n) is 4.43. The maximum atomic E-state index is 12.6. The highest BCUT2D eigenvalue weighted by Crippen LogP contribution is 2.25. The number of furan rings is 1. The topological polar surface area (TPSA) is 76.5 Å². The van der Waals surface area contributed by atoms with Gasteiger partial charge in [0.15, 0.2) is 0 Å². The number of anilines is 1. The van der Waals surface area contributed by atoms with Gasteiger partial charge in [0.25, 0.3) is 10.0 Å². The smallest absolute Gasteiger partial charge is 0.297 e. The van der Waals surface area contributed by atoms with Gasteiger partial charge in [-0.1, -0.05) is 12.1 Å². The van der Waals surface area contributed by atoms with E-state index in [-0.39, 0.29) is 11.6 Å². The van der Waals surface area contributed by atoms with Gasteiger partial charge in [0.1, 0.15) is 5.76 Å². The fraction of sp³-hybridized carbons (Fsp3) is 0.286. The molecule has 1 aromatic heterocycles. The van der Waals surface area contributed by atoms with Crippen molar-refractivity contribution >= 4 is 15.7 Å². The first-order valence-electron chi connectivity index (χ1n) is 6.37. The molecule has 6 heteroatoms.